The van der Waals surface area contributed by atoms with Gasteiger partial charge < -0.3 is 9.84 Å². The smallest absolute Gasteiger partial charge is 0.339 e. The van der Waals surface area contributed by atoms with Crippen LogP contribution in [-0.2, 0) is 13.0 Å². The summed E-state index contributed by atoms with van der Waals surface area (Å²) in [5.74, 6) is -2.07. The maximum absolute atomic E-state index is 13.6. The molecular weight excluding hydrogens is 267 g/mol. The molecule has 3 nitrogen and oxygen atoms in total. The molecule has 2 rings (SSSR count). The number of halogens is 1. The molecular formula is C14H13FO3S. The molecule has 1 aromatic carbocycles. The lowest BCUT2D eigenvalue weighted by atomic mass is 10.2. The van der Waals surface area contributed by atoms with E-state index in [0.29, 0.717) is 0 Å². The predicted molar refractivity (Wildman–Crippen MR) is 71.4 cm³/mol. The summed E-state index contributed by atoms with van der Waals surface area (Å²) in [6.07, 6.45) is 0.935. The minimum absolute atomic E-state index is 0.160. The maximum atomic E-state index is 13.6. The first-order valence-electron chi connectivity index (χ1n) is 5.84. The van der Waals surface area contributed by atoms with Gasteiger partial charge in [0.25, 0.3) is 0 Å². The van der Waals surface area contributed by atoms with Crippen molar-refractivity contribution in [3.63, 3.8) is 0 Å². The first-order valence-corrected chi connectivity index (χ1v) is 6.65. The summed E-state index contributed by atoms with van der Waals surface area (Å²) in [4.78, 5) is 13.1. The average molecular weight is 280 g/mol. The minimum atomic E-state index is -1.20. The van der Waals surface area contributed by atoms with Crippen LogP contribution in [0.3, 0.4) is 0 Å². The van der Waals surface area contributed by atoms with Gasteiger partial charge in [-0.15, -0.1) is 11.3 Å². The molecule has 0 spiro atoms. The largest absolute Gasteiger partial charge is 0.484 e. The van der Waals surface area contributed by atoms with Gasteiger partial charge >= 0.3 is 5.97 Å². The summed E-state index contributed by atoms with van der Waals surface area (Å²) in [5.41, 5.74) is -0.160. The number of para-hydroxylation sites is 1. The van der Waals surface area contributed by atoms with Crippen LogP contribution in [0.25, 0.3) is 0 Å². The molecule has 0 unspecified atom stereocenters. The fraction of sp³-hybridized carbons (Fsp3) is 0.214. The van der Waals surface area contributed by atoms with E-state index in [9.17, 15) is 9.18 Å². The van der Waals surface area contributed by atoms with Gasteiger partial charge in [0.2, 0.25) is 0 Å². The molecule has 0 saturated carbocycles. The number of hydrogen-bond acceptors (Lipinski definition) is 3. The molecule has 100 valence electrons. The maximum Gasteiger partial charge on any atom is 0.339 e. The van der Waals surface area contributed by atoms with Gasteiger partial charge in [-0.25, -0.2) is 9.18 Å². The second-order valence-corrected chi connectivity index (χ2v) is 5.18. The van der Waals surface area contributed by atoms with Crippen molar-refractivity contribution < 1.29 is 19.0 Å². The highest BCUT2D eigenvalue weighted by Gasteiger charge is 2.15. The second-order valence-electron chi connectivity index (χ2n) is 3.93. The zero-order valence-electron chi connectivity index (χ0n) is 10.4. The summed E-state index contributed by atoms with van der Waals surface area (Å²) < 4.78 is 18.9. The Balaban J connectivity index is 2.17. The number of carbonyl (C=O) groups is 1. The number of ether oxygens (including phenoxy) is 1. The molecule has 1 heterocycles. The molecule has 0 amide bonds. The second kappa shape index (κ2) is 5.84. The molecule has 0 aliphatic rings. The first kappa shape index (κ1) is 13.5. The van der Waals surface area contributed by atoms with E-state index < -0.39 is 11.8 Å². The fourth-order valence-electron chi connectivity index (χ4n) is 1.66. The van der Waals surface area contributed by atoms with Crippen LogP contribution in [0.5, 0.6) is 5.75 Å². The number of aryl methyl sites for hydroxylation is 1. The molecule has 0 atom stereocenters. The third-order valence-corrected chi connectivity index (χ3v) is 3.82. The highest BCUT2D eigenvalue weighted by Crippen LogP contribution is 2.25. The van der Waals surface area contributed by atoms with Crippen LogP contribution < -0.4 is 4.74 Å². The van der Waals surface area contributed by atoms with Crippen molar-refractivity contribution in [2.45, 2.75) is 20.0 Å². The Labute approximate surface area is 114 Å². The SMILES string of the molecule is CCc1ccc(COc2c(F)cccc2C(=O)O)s1. The predicted octanol–water partition coefficient (Wildman–Crippen LogP) is 3.73. The van der Waals surface area contributed by atoms with E-state index in [1.165, 1.54) is 23.1 Å². The van der Waals surface area contributed by atoms with E-state index in [0.717, 1.165) is 11.3 Å². The number of carboxylic acids is 1. The molecule has 0 saturated heterocycles. The lowest BCUT2D eigenvalue weighted by molar-refractivity contribution is 0.0690. The van der Waals surface area contributed by atoms with Gasteiger partial charge in [-0.1, -0.05) is 13.0 Å². The van der Waals surface area contributed by atoms with Gasteiger partial charge in [0.05, 0.1) is 0 Å². The van der Waals surface area contributed by atoms with Crippen molar-refractivity contribution in [3.05, 3.63) is 51.5 Å². The monoisotopic (exact) mass is 280 g/mol. The first-order chi connectivity index (χ1) is 9.11. The lowest BCUT2D eigenvalue weighted by Crippen LogP contribution is -2.04. The minimum Gasteiger partial charge on any atom is -0.484 e. The molecule has 0 aliphatic heterocycles. The molecule has 0 fully saturated rings. The van der Waals surface area contributed by atoms with Crippen molar-refractivity contribution >= 4 is 17.3 Å². The zero-order valence-corrected chi connectivity index (χ0v) is 11.2. The molecule has 0 radical (unpaired) electrons. The number of thiophene rings is 1. The van der Waals surface area contributed by atoms with Crippen molar-refractivity contribution in [3.8, 4) is 5.75 Å². The van der Waals surface area contributed by atoms with Gasteiger partial charge in [-0.05, 0) is 30.7 Å². The van der Waals surface area contributed by atoms with Crippen LogP contribution >= 0.6 is 11.3 Å². The average Bonchev–Trinajstić information content (AvgIpc) is 2.85. The Hall–Kier alpha value is -1.88. The van der Waals surface area contributed by atoms with Gasteiger partial charge in [0.1, 0.15) is 12.2 Å². The molecule has 1 aromatic heterocycles. The Morgan fingerprint density at radius 3 is 2.68 bits per heavy atom. The quantitative estimate of drug-likeness (QED) is 0.907. The number of benzene rings is 1. The van der Waals surface area contributed by atoms with Crippen LogP contribution in [0.15, 0.2) is 30.3 Å². The zero-order chi connectivity index (χ0) is 13.8. The highest BCUT2D eigenvalue weighted by molar-refractivity contribution is 7.11. The van der Waals surface area contributed by atoms with E-state index >= 15 is 0 Å². The van der Waals surface area contributed by atoms with Gasteiger partial charge in [0.15, 0.2) is 11.6 Å². The van der Waals surface area contributed by atoms with Gasteiger partial charge in [-0.3, -0.25) is 0 Å². The number of aromatic carboxylic acids is 1. The molecule has 0 aliphatic carbocycles. The Bertz CT molecular complexity index is 592. The van der Waals surface area contributed by atoms with Crippen LogP contribution in [0.2, 0.25) is 0 Å². The van der Waals surface area contributed by atoms with E-state index in [-0.39, 0.29) is 17.9 Å². The normalized spacial score (nSPS) is 10.4. The van der Waals surface area contributed by atoms with Crippen molar-refractivity contribution in [2.24, 2.45) is 0 Å². The third kappa shape index (κ3) is 3.12. The summed E-state index contributed by atoms with van der Waals surface area (Å²) >= 11 is 1.58. The Morgan fingerprint density at radius 1 is 1.32 bits per heavy atom. The highest BCUT2D eigenvalue weighted by atomic mass is 32.1. The molecule has 5 heteroatoms. The Morgan fingerprint density at radius 2 is 2.05 bits per heavy atom. The lowest BCUT2D eigenvalue weighted by Gasteiger charge is -2.08. The Kier molecular flexibility index (Phi) is 4.16. The molecule has 19 heavy (non-hydrogen) atoms. The summed E-state index contributed by atoms with van der Waals surface area (Å²) in [6.45, 7) is 2.22. The number of rotatable bonds is 5. The number of carboxylic acid groups (broad SMARTS) is 1. The standard InChI is InChI=1S/C14H13FO3S/c1-2-9-6-7-10(19-9)8-18-13-11(14(16)17)4-3-5-12(13)15/h3-7H,2,8H2,1H3,(H,16,17). The fourth-order valence-corrected chi connectivity index (χ4v) is 2.53. The molecule has 0 bridgehead atoms. The van der Waals surface area contributed by atoms with Crippen LogP contribution in [-0.4, -0.2) is 11.1 Å². The van der Waals surface area contributed by atoms with Crippen molar-refractivity contribution in [1.82, 2.24) is 0 Å². The van der Waals surface area contributed by atoms with E-state index in [2.05, 4.69) is 6.92 Å². The summed E-state index contributed by atoms with van der Waals surface area (Å²) in [6, 6.07) is 7.76. The topological polar surface area (TPSA) is 46.5 Å². The number of hydrogen-bond donors (Lipinski definition) is 1. The van der Waals surface area contributed by atoms with Crippen LogP contribution in [0.1, 0.15) is 27.0 Å². The van der Waals surface area contributed by atoms with Crippen LogP contribution in [0.4, 0.5) is 4.39 Å². The van der Waals surface area contributed by atoms with E-state index in [4.69, 9.17) is 9.84 Å². The van der Waals surface area contributed by atoms with Crippen molar-refractivity contribution in [1.29, 1.82) is 0 Å². The third-order valence-electron chi connectivity index (χ3n) is 2.62. The van der Waals surface area contributed by atoms with Crippen molar-refractivity contribution in [2.75, 3.05) is 0 Å². The summed E-state index contributed by atoms with van der Waals surface area (Å²) in [5, 5.41) is 8.99. The summed E-state index contributed by atoms with van der Waals surface area (Å²) in [7, 11) is 0. The van der Waals surface area contributed by atoms with Gasteiger partial charge in [0, 0.05) is 9.75 Å². The van der Waals surface area contributed by atoms with Crippen LogP contribution in [0, 0.1) is 5.82 Å². The van der Waals surface area contributed by atoms with E-state index in [1.54, 1.807) is 11.3 Å². The molecule has 2 aromatic rings. The van der Waals surface area contributed by atoms with Gasteiger partial charge in [-0.2, -0.15) is 0 Å². The molecule has 1 N–H and O–H groups in total. The van der Waals surface area contributed by atoms with E-state index in [1.807, 2.05) is 12.1 Å².